The van der Waals surface area contributed by atoms with Crippen LogP contribution in [0.15, 0.2) is 48.8 Å². The van der Waals surface area contributed by atoms with Gasteiger partial charge < -0.3 is 10.1 Å². The van der Waals surface area contributed by atoms with Gasteiger partial charge in [-0.2, -0.15) is 0 Å². The van der Waals surface area contributed by atoms with E-state index in [4.69, 9.17) is 4.74 Å². The molecule has 0 amide bonds. The fraction of sp³-hybridized carbons (Fsp3) is 0.250. The molecule has 0 aliphatic heterocycles. The molecule has 0 atom stereocenters. The van der Waals surface area contributed by atoms with E-state index in [0.717, 1.165) is 23.0 Å². The highest BCUT2D eigenvalue weighted by atomic mass is 16.5. The third kappa shape index (κ3) is 2.63. The zero-order chi connectivity index (χ0) is 17.5. The Bertz CT molecular complexity index is 1100. The first kappa shape index (κ1) is 15.1. The van der Waals surface area contributed by atoms with Crippen molar-refractivity contribution in [2.45, 2.75) is 25.3 Å². The van der Waals surface area contributed by atoms with Crippen LogP contribution in [-0.2, 0) is 6.54 Å². The topological polar surface area (TPSA) is 64.3 Å². The normalized spacial score (nSPS) is 14.0. The largest absolute Gasteiger partial charge is 0.497 e. The van der Waals surface area contributed by atoms with Crippen molar-refractivity contribution in [3.8, 4) is 5.75 Å². The SMILES string of the molecule is COc1ccc2cc(CNc3nccn4c(C5CC5)nnc34)ccc2c1. The van der Waals surface area contributed by atoms with E-state index in [1.165, 1.54) is 29.2 Å². The van der Waals surface area contributed by atoms with Crippen molar-refractivity contribution in [2.24, 2.45) is 0 Å². The summed E-state index contributed by atoms with van der Waals surface area (Å²) in [5.74, 6) is 3.24. The summed E-state index contributed by atoms with van der Waals surface area (Å²) < 4.78 is 7.34. The lowest BCUT2D eigenvalue weighted by Crippen LogP contribution is -2.04. The summed E-state index contributed by atoms with van der Waals surface area (Å²) >= 11 is 0. The van der Waals surface area contributed by atoms with Gasteiger partial charge in [-0.25, -0.2) is 4.98 Å². The van der Waals surface area contributed by atoms with Crippen LogP contribution in [0.2, 0.25) is 0 Å². The van der Waals surface area contributed by atoms with E-state index < -0.39 is 0 Å². The highest BCUT2D eigenvalue weighted by molar-refractivity contribution is 5.84. The molecule has 2 aromatic carbocycles. The first-order valence-electron chi connectivity index (χ1n) is 8.82. The first-order valence-corrected chi connectivity index (χ1v) is 8.82. The van der Waals surface area contributed by atoms with Gasteiger partial charge >= 0.3 is 0 Å². The maximum absolute atomic E-state index is 5.29. The Labute approximate surface area is 150 Å². The molecule has 6 nitrogen and oxygen atoms in total. The number of fused-ring (bicyclic) bond motifs is 2. The summed E-state index contributed by atoms with van der Waals surface area (Å²) in [5, 5.41) is 14.4. The van der Waals surface area contributed by atoms with Crippen LogP contribution in [0, 0.1) is 0 Å². The van der Waals surface area contributed by atoms with Crippen LogP contribution < -0.4 is 10.1 Å². The third-order valence-corrected chi connectivity index (χ3v) is 4.87. The predicted molar refractivity (Wildman–Crippen MR) is 101 cm³/mol. The molecule has 0 radical (unpaired) electrons. The van der Waals surface area contributed by atoms with Gasteiger partial charge in [0.2, 0.25) is 5.65 Å². The van der Waals surface area contributed by atoms with Crippen LogP contribution in [0.5, 0.6) is 5.75 Å². The van der Waals surface area contributed by atoms with Crippen molar-refractivity contribution in [2.75, 3.05) is 12.4 Å². The Balaban J connectivity index is 1.40. The van der Waals surface area contributed by atoms with Crippen molar-refractivity contribution >= 4 is 22.2 Å². The van der Waals surface area contributed by atoms with E-state index in [-0.39, 0.29) is 0 Å². The summed E-state index contributed by atoms with van der Waals surface area (Å²) in [5.41, 5.74) is 1.98. The molecule has 0 saturated heterocycles. The molecule has 6 heteroatoms. The second-order valence-electron chi connectivity index (χ2n) is 6.70. The molecule has 1 aliphatic rings. The molecule has 2 heterocycles. The van der Waals surface area contributed by atoms with Gasteiger partial charge in [-0.05, 0) is 47.4 Å². The van der Waals surface area contributed by atoms with Gasteiger partial charge in [0, 0.05) is 24.9 Å². The smallest absolute Gasteiger partial charge is 0.203 e. The second kappa shape index (κ2) is 5.98. The minimum absolute atomic E-state index is 0.553. The van der Waals surface area contributed by atoms with E-state index in [0.29, 0.717) is 12.5 Å². The Morgan fingerprint density at radius 2 is 1.96 bits per heavy atom. The maximum Gasteiger partial charge on any atom is 0.203 e. The van der Waals surface area contributed by atoms with Crippen LogP contribution in [0.25, 0.3) is 16.4 Å². The van der Waals surface area contributed by atoms with Gasteiger partial charge in [-0.1, -0.05) is 18.2 Å². The summed E-state index contributed by atoms with van der Waals surface area (Å²) in [6.07, 6.45) is 6.15. The Kier molecular flexibility index (Phi) is 3.48. The summed E-state index contributed by atoms with van der Waals surface area (Å²) in [6.45, 7) is 0.681. The average Bonchev–Trinajstić information content (AvgIpc) is 3.44. The molecule has 0 bridgehead atoms. The van der Waals surface area contributed by atoms with Gasteiger partial charge in [0.15, 0.2) is 5.82 Å². The van der Waals surface area contributed by atoms with E-state index in [2.05, 4.69) is 49.2 Å². The lowest BCUT2D eigenvalue weighted by atomic mass is 10.1. The summed E-state index contributed by atoms with van der Waals surface area (Å²) in [7, 11) is 1.69. The monoisotopic (exact) mass is 345 g/mol. The number of aromatic nitrogens is 4. The number of hydrogen-bond donors (Lipinski definition) is 1. The number of ether oxygens (including phenoxy) is 1. The van der Waals surface area contributed by atoms with Crippen molar-refractivity contribution in [1.29, 1.82) is 0 Å². The molecule has 4 aromatic rings. The predicted octanol–water partition coefficient (Wildman–Crippen LogP) is 3.78. The number of rotatable bonds is 5. The fourth-order valence-electron chi connectivity index (χ4n) is 3.28. The molecular weight excluding hydrogens is 326 g/mol. The average molecular weight is 345 g/mol. The zero-order valence-corrected chi connectivity index (χ0v) is 14.5. The van der Waals surface area contributed by atoms with Gasteiger partial charge in [0.05, 0.1) is 7.11 Å². The maximum atomic E-state index is 5.29. The van der Waals surface area contributed by atoms with E-state index in [1.54, 1.807) is 13.3 Å². The highest BCUT2D eigenvalue weighted by Crippen LogP contribution is 2.39. The second-order valence-corrected chi connectivity index (χ2v) is 6.70. The molecular formula is C20H19N5O. The van der Waals surface area contributed by atoms with Crippen LogP contribution in [0.3, 0.4) is 0 Å². The summed E-state index contributed by atoms with van der Waals surface area (Å²) in [4.78, 5) is 4.45. The number of anilines is 1. The lowest BCUT2D eigenvalue weighted by molar-refractivity contribution is 0.415. The lowest BCUT2D eigenvalue weighted by Gasteiger charge is -2.08. The zero-order valence-electron chi connectivity index (χ0n) is 14.5. The Hall–Kier alpha value is -3.15. The van der Waals surface area contributed by atoms with E-state index in [9.17, 15) is 0 Å². The van der Waals surface area contributed by atoms with Crippen molar-refractivity contribution in [1.82, 2.24) is 19.6 Å². The minimum atomic E-state index is 0.553. The number of nitrogens with one attached hydrogen (secondary N) is 1. The van der Waals surface area contributed by atoms with Crippen molar-refractivity contribution in [3.63, 3.8) is 0 Å². The molecule has 0 unspecified atom stereocenters. The minimum Gasteiger partial charge on any atom is -0.497 e. The van der Waals surface area contributed by atoms with Gasteiger partial charge in [-0.3, -0.25) is 4.40 Å². The van der Waals surface area contributed by atoms with Crippen LogP contribution in [0.1, 0.15) is 30.1 Å². The number of hydrogen-bond acceptors (Lipinski definition) is 5. The Morgan fingerprint density at radius 1 is 1.12 bits per heavy atom. The van der Waals surface area contributed by atoms with Crippen LogP contribution in [-0.4, -0.2) is 26.7 Å². The Morgan fingerprint density at radius 3 is 2.81 bits per heavy atom. The van der Waals surface area contributed by atoms with E-state index in [1.807, 2.05) is 18.3 Å². The molecule has 1 saturated carbocycles. The fourth-order valence-corrected chi connectivity index (χ4v) is 3.28. The molecule has 130 valence electrons. The highest BCUT2D eigenvalue weighted by Gasteiger charge is 2.29. The first-order chi connectivity index (χ1) is 12.8. The molecule has 0 spiro atoms. The molecule has 1 N–H and O–H groups in total. The summed E-state index contributed by atoms with van der Waals surface area (Å²) in [6, 6.07) is 12.5. The standard InChI is InChI=1S/C20H19N5O/c1-26-17-7-6-15-10-13(2-3-16(15)11-17)12-22-18-20-24-23-19(14-4-5-14)25(20)9-8-21-18/h2-3,6-11,14H,4-5,12H2,1H3,(H,21,22). The van der Waals surface area contributed by atoms with Crippen LogP contribution >= 0.6 is 0 Å². The number of nitrogens with zero attached hydrogens (tertiary/aromatic N) is 4. The van der Waals surface area contributed by atoms with Crippen molar-refractivity contribution < 1.29 is 4.74 Å². The van der Waals surface area contributed by atoms with Crippen LogP contribution in [0.4, 0.5) is 5.82 Å². The van der Waals surface area contributed by atoms with Gasteiger partial charge in [-0.15, -0.1) is 10.2 Å². The number of methoxy groups -OCH3 is 1. The van der Waals surface area contributed by atoms with Crippen molar-refractivity contribution in [3.05, 3.63) is 60.2 Å². The third-order valence-electron chi connectivity index (χ3n) is 4.87. The molecule has 1 fully saturated rings. The molecule has 5 rings (SSSR count). The molecule has 26 heavy (non-hydrogen) atoms. The van der Waals surface area contributed by atoms with Gasteiger partial charge in [0.1, 0.15) is 11.6 Å². The molecule has 1 aliphatic carbocycles. The molecule has 2 aromatic heterocycles. The van der Waals surface area contributed by atoms with Gasteiger partial charge in [0.25, 0.3) is 0 Å². The quantitative estimate of drug-likeness (QED) is 0.596. The van der Waals surface area contributed by atoms with E-state index >= 15 is 0 Å². The number of benzene rings is 2.